The number of aliphatic hydroxyl groups is 1. The van der Waals surface area contributed by atoms with Crippen molar-refractivity contribution in [1.82, 2.24) is 9.78 Å². The van der Waals surface area contributed by atoms with Crippen LogP contribution >= 0.6 is 0 Å². The number of nitrogens with two attached hydrogens (primary N) is 1. The van der Waals surface area contributed by atoms with Crippen LogP contribution in [-0.2, 0) is 7.05 Å². The van der Waals surface area contributed by atoms with Crippen molar-refractivity contribution in [3.8, 4) is 0 Å². The van der Waals surface area contributed by atoms with Crippen LogP contribution in [0.2, 0.25) is 0 Å². The van der Waals surface area contributed by atoms with E-state index in [2.05, 4.69) is 16.9 Å². The maximum absolute atomic E-state index is 9.71. The Balaban J connectivity index is 2.25. The first-order chi connectivity index (χ1) is 7.50. The summed E-state index contributed by atoms with van der Waals surface area (Å²) in [5.41, 5.74) is 7.65. The molecule has 0 aromatic carbocycles. The van der Waals surface area contributed by atoms with E-state index < -0.39 is 0 Å². The summed E-state index contributed by atoms with van der Waals surface area (Å²) in [5, 5.41) is 14.0. The van der Waals surface area contributed by atoms with E-state index in [1.807, 2.05) is 18.7 Å². The van der Waals surface area contributed by atoms with Crippen molar-refractivity contribution in [3.05, 3.63) is 5.69 Å². The predicted molar refractivity (Wildman–Crippen MR) is 64.4 cm³/mol. The molecule has 5 nitrogen and oxygen atoms in total. The van der Waals surface area contributed by atoms with Crippen molar-refractivity contribution >= 4 is 11.5 Å². The van der Waals surface area contributed by atoms with Crippen molar-refractivity contribution < 1.29 is 5.11 Å². The van der Waals surface area contributed by atoms with E-state index in [1.54, 1.807) is 0 Å². The summed E-state index contributed by atoms with van der Waals surface area (Å²) in [6.07, 6.45) is 0.608. The van der Waals surface area contributed by atoms with E-state index in [-0.39, 0.29) is 12.0 Å². The number of piperidine rings is 1. The molecule has 1 aromatic rings. The van der Waals surface area contributed by atoms with Crippen LogP contribution in [0.1, 0.15) is 19.0 Å². The summed E-state index contributed by atoms with van der Waals surface area (Å²) < 4.78 is 1.83. The second-order valence-electron chi connectivity index (χ2n) is 4.73. The molecule has 16 heavy (non-hydrogen) atoms. The van der Waals surface area contributed by atoms with Gasteiger partial charge in [-0.25, -0.2) is 0 Å². The largest absolute Gasteiger partial charge is 0.394 e. The van der Waals surface area contributed by atoms with Gasteiger partial charge in [-0.05, 0) is 19.3 Å². The quantitative estimate of drug-likeness (QED) is 0.729. The average molecular weight is 224 g/mol. The minimum atomic E-state index is -0.188. The van der Waals surface area contributed by atoms with Crippen LogP contribution < -0.4 is 10.6 Å². The minimum absolute atomic E-state index is 0.188. The zero-order valence-corrected chi connectivity index (χ0v) is 10.1. The lowest BCUT2D eigenvalue weighted by atomic mass is 9.97. The van der Waals surface area contributed by atoms with Gasteiger partial charge in [0.1, 0.15) is 5.82 Å². The molecule has 1 aliphatic rings. The maximum atomic E-state index is 9.71. The van der Waals surface area contributed by atoms with Gasteiger partial charge in [0.2, 0.25) is 0 Å². The molecule has 90 valence electrons. The van der Waals surface area contributed by atoms with Gasteiger partial charge in [0, 0.05) is 20.1 Å². The standard InChI is InChI=1S/C11H20N4O/c1-7-6-15(5-4-9(7)16)11-10(12)8(2)13-14(11)3/h7,9,16H,4-6,12H2,1-3H3. The molecule has 0 saturated carbocycles. The van der Waals surface area contributed by atoms with Crippen LogP contribution in [-0.4, -0.2) is 34.1 Å². The third-order valence-corrected chi connectivity index (χ3v) is 3.40. The van der Waals surface area contributed by atoms with Crippen LogP contribution in [0.25, 0.3) is 0 Å². The van der Waals surface area contributed by atoms with E-state index in [0.29, 0.717) is 0 Å². The molecule has 1 aromatic heterocycles. The van der Waals surface area contributed by atoms with Gasteiger partial charge in [0.15, 0.2) is 0 Å². The number of hydrogen-bond acceptors (Lipinski definition) is 4. The van der Waals surface area contributed by atoms with E-state index in [1.165, 1.54) is 0 Å². The highest BCUT2D eigenvalue weighted by Gasteiger charge is 2.27. The van der Waals surface area contributed by atoms with Crippen LogP contribution in [0, 0.1) is 12.8 Å². The molecule has 0 radical (unpaired) electrons. The summed E-state index contributed by atoms with van der Waals surface area (Å²) in [4.78, 5) is 2.22. The Morgan fingerprint density at radius 1 is 1.50 bits per heavy atom. The van der Waals surface area contributed by atoms with Crippen LogP contribution in [0.3, 0.4) is 0 Å². The SMILES string of the molecule is Cc1nn(C)c(N2CCC(O)C(C)C2)c1N. The monoisotopic (exact) mass is 224 g/mol. The second kappa shape index (κ2) is 3.97. The molecule has 1 saturated heterocycles. The first-order valence-electron chi connectivity index (χ1n) is 5.72. The summed E-state index contributed by atoms with van der Waals surface area (Å²) in [6.45, 7) is 5.66. The van der Waals surface area contributed by atoms with Gasteiger partial charge in [-0.1, -0.05) is 6.92 Å². The maximum Gasteiger partial charge on any atom is 0.150 e. The molecule has 3 N–H and O–H groups in total. The predicted octanol–water partition coefficient (Wildman–Crippen LogP) is 0.518. The van der Waals surface area contributed by atoms with Gasteiger partial charge >= 0.3 is 0 Å². The van der Waals surface area contributed by atoms with Crippen molar-refractivity contribution in [2.75, 3.05) is 23.7 Å². The first-order valence-corrected chi connectivity index (χ1v) is 5.72. The Morgan fingerprint density at radius 3 is 2.69 bits per heavy atom. The summed E-state index contributed by atoms with van der Waals surface area (Å²) in [6, 6.07) is 0. The summed E-state index contributed by atoms with van der Waals surface area (Å²) in [7, 11) is 1.91. The molecule has 5 heteroatoms. The molecule has 0 spiro atoms. The molecule has 0 aliphatic carbocycles. The molecular formula is C11H20N4O. The van der Waals surface area contributed by atoms with Gasteiger partial charge in [-0.15, -0.1) is 0 Å². The number of aromatic nitrogens is 2. The van der Waals surface area contributed by atoms with Crippen LogP contribution in [0.5, 0.6) is 0 Å². The molecular weight excluding hydrogens is 204 g/mol. The zero-order valence-electron chi connectivity index (χ0n) is 10.1. The highest BCUT2D eigenvalue weighted by atomic mass is 16.3. The van der Waals surface area contributed by atoms with E-state index in [9.17, 15) is 5.11 Å². The normalized spacial score (nSPS) is 26.1. The highest BCUT2D eigenvalue weighted by molar-refractivity contribution is 5.66. The van der Waals surface area contributed by atoms with Gasteiger partial charge in [-0.2, -0.15) is 5.10 Å². The lowest BCUT2D eigenvalue weighted by Gasteiger charge is -2.35. The number of anilines is 2. The smallest absolute Gasteiger partial charge is 0.150 e. The molecule has 0 bridgehead atoms. The molecule has 1 fully saturated rings. The van der Waals surface area contributed by atoms with E-state index in [4.69, 9.17) is 5.73 Å². The van der Waals surface area contributed by atoms with Gasteiger partial charge in [-0.3, -0.25) is 4.68 Å². The van der Waals surface area contributed by atoms with Gasteiger partial charge < -0.3 is 15.7 Å². The number of rotatable bonds is 1. The summed E-state index contributed by atoms with van der Waals surface area (Å²) >= 11 is 0. The first kappa shape index (κ1) is 11.3. The van der Waals surface area contributed by atoms with Crippen LogP contribution in [0.15, 0.2) is 0 Å². The third-order valence-electron chi connectivity index (χ3n) is 3.40. The van der Waals surface area contributed by atoms with Crippen molar-refractivity contribution in [2.24, 2.45) is 13.0 Å². The van der Waals surface area contributed by atoms with Crippen molar-refractivity contribution in [2.45, 2.75) is 26.4 Å². The fourth-order valence-electron chi connectivity index (χ4n) is 2.36. The molecule has 2 unspecified atom stereocenters. The number of aryl methyl sites for hydroxylation is 2. The lowest BCUT2D eigenvalue weighted by molar-refractivity contribution is 0.0967. The highest BCUT2D eigenvalue weighted by Crippen LogP contribution is 2.29. The Bertz CT molecular complexity index is 388. The Morgan fingerprint density at radius 2 is 2.19 bits per heavy atom. The topological polar surface area (TPSA) is 67.3 Å². The average Bonchev–Trinajstić information content (AvgIpc) is 2.47. The molecule has 2 rings (SSSR count). The van der Waals surface area contributed by atoms with E-state index in [0.717, 1.165) is 36.7 Å². The Labute approximate surface area is 95.8 Å². The molecule has 0 amide bonds. The number of nitrogens with zero attached hydrogens (tertiary/aromatic N) is 3. The zero-order chi connectivity index (χ0) is 11.9. The minimum Gasteiger partial charge on any atom is -0.394 e. The van der Waals surface area contributed by atoms with Gasteiger partial charge in [0.25, 0.3) is 0 Å². The number of aliphatic hydroxyl groups excluding tert-OH is 1. The molecule has 2 heterocycles. The number of nitrogen functional groups attached to an aromatic ring is 1. The van der Waals surface area contributed by atoms with E-state index >= 15 is 0 Å². The van der Waals surface area contributed by atoms with Crippen LogP contribution in [0.4, 0.5) is 11.5 Å². The van der Waals surface area contributed by atoms with Crippen molar-refractivity contribution in [1.29, 1.82) is 0 Å². The lowest BCUT2D eigenvalue weighted by Crippen LogP contribution is -2.43. The fraction of sp³-hybridized carbons (Fsp3) is 0.727. The van der Waals surface area contributed by atoms with Crippen molar-refractivity contribution in [3.63, 3.8) is 0 Å². The molecule has 1 aliphatic heterocycles. The second-order valence-corrected chi connectivity index (χ2v) is 4.73. The fourth-order valence-corrected chi connectivity index (χ4v) is 2.36. The summed E-state index contributed by atoms with van der Waals surface area (Å²) in [5.74, 6) is 1.26. The van der Waals surface area contributed by atoms with Gasteiger partial charge in [0.05, 0.1) is 17.5 Å². The third kappa shape index (κ3) is 1.75. The molecule has 2 atom stereocenters. The Kier molecular flexibility index (Phi) is 2.80. The number of hydrogen-bond donors (Lipinski definition) is 2. The Hall–Kier alpha value is -1.23.